The van der Waals surface area contributed by atoms with E-state index in [9.17, 15) is 0 Å². The van der Waals surface area contributed by atoms with Crippen LogP contribution in [0.3, 0.4) is 0 Å². The Morgan fingerprint density at radius 2 is 1.94 bits per heavy atom. The molecule has 0 amide bonds. The molecule has 2 aromatic rings. The van der Waals surface area contributed by atoms with Crippen LogP contribution in [0.4, 0.5) is 0 Å². The fraction of sp³-hybridized carbons (Fsp3) is 0.357. The molecule has 3 nitrogen and oxygen atoms in total. The van der Waals surface area contributed by atoms with E-state index in [1.807, 2.05) is 18.3 Å². The van der Waals surface area contributed by atoms with Crippen molar-refractivity contribution in [2.24, 2.45) is 5.73 Å². The number of nitrogens with two attached hydrogens (primary N) is 1. The number of ether oxygens (including phenoxy) is 1. The molecule has 1 aromatic carbocycles. The van der Waals surface area contributed by atoms with Crippen LogP contribution in [-0.2, 0) is 13.0 Å². The summed E-state index contributed by atoms with van der Waals surface area (Å²) in [6, 6.07) is 6.22. The normalized spacial score (nSPS) is 10.6. The molecule has 1 aromatic heterocycles. The lowest BCUT2D eigenvalue weighted by Gasteiger charge is -2.06. The number of nitrogens with zero attached hydrogens (tertiary/aromatic N) is 1. The maximum atomic E-state index is 5.76. The molecule has 4 heteroatoms. The number of benzene rings is 1. The minimum atomic E-state index is 0.526. The molecule has 0 fully saturated rings. The first-order valence-electron chi connectivity index (χ1n) is 6.02. The standard InChI is InChI=1S/C14H18N2OS/c1-10-5-11(2)7-12(6-10)17-9-14-16-8-13(18-14)3-4-15/h5-8H,3-4,9,15H2,1-2H3. The molecule has 0 saturated heterocycles. The Balaban J connectivity index is 1.97. The van der Waals surface area contributed by atoms with Crippen molar-refractivity contribution in [3.05, 3.63) is 45.4 Å². The molecule has 0 radical (unpaired) electrons. The van der Waals surface area contributed by atoms with E-state index >= 15 is 0 Å². The molecule has 0 unspecified atom stereocenters. The summed E-state index contributed by atoms with van der Waals surface area (Å²) in [5.41, 5.74) is 7.95. The van der Waals surface area contributed by atoms with Crippen LogP contribution in [-0.4, -0.2) is 11.5 Å². The van der Waals surface area contributed by atoms with Gasteiger partial charge in [-0.25, -0.2) is 4.98 Å². The van der Waals surface area contributed by atoms with Gasteiger partial charge in [0.2, 0.25) is 0 Å². The summed E-state index contributed by atoms with van der Waals surface area (Å²) in [6.45, 7) is 5.34. The first kappa shape index (κ1) is 13.1. The Bertz CT molecular complexity index is 502. The minimum Gasteiger partial charge on any atom is -0.486 e. The van der Waals surface area contributed by atoms with Crippen molar-refractivity contribution in [3.63, 3.8) is 0 Å². The minimum absolute atomic E-state index is 0.526. The SMILES string of the molecule is Cc1cc(C)cc(OCc2ncc(CCN)s2)c1. The second-order valence-electron chi connectivity index (χ2n) is 4.37. The van der Waals surface area contributed by atoms with Gasteiger partial charge in [-0.05, 0) is 50.1 Å². The second-order valence-corrected chi connectivity index (χ2v) is 5.57. The molecule has 0 atom stereocenters. The van der Waals surface area contributed by atoms with Crippen LogP contribution >= 0.6 is 11.3 Å². The Morgan fingerprint density at radius 3 is 2.61 bits per heavy atom. The van der Waals surface area contributed by atoms with E-state index in [2.05, 4.69) is 24.9 Å². The molecule has 0 aliphatic rings. The maximum absolute atomic E-state index is 5.76. The van der Waals surface area contributed by atoms with Gasteiger partial charge in [-0.15, -0.1) is 11.3 Å². The lowest BCUT2D eigenvalue weighted by Crippen LogP contribution is -2.00. The van der Waals surface area contributed by atoms with Gasteiger partial charge in [0.25, 0.3) is 0 Å². The van der Waals surface area contributed by atoms with Crippen LogP contribution in [0.25, 0.3) is 0 Å². The predicted octanol–water partition coefficient (Wildman–Crippen LogP) is 2.84. The van der Waals surface area contributed by atoms with Crippen molar-refractivity contribution in [1.82, 2.24) is 4.98 Å². The fourth-order valence-electron chi connectivity index (χ4n) is 1.83. The second kappa shape index (κ2) is 5.98. The lowest BCUT2D eigenvalue weighted by atomic mass is 10.1. The largest absolute Gasteiger partial charge is 0.486 e. The maximum Gasteiger partial charge on any atom is 0.140 e. The summed E-state index contributed by atoms with van der Waals surface area (Å²) in [5.74, 6) is 0.906. The van der Waals surface area contributed by atoms with E-state index in [-0.39, 0.29) is 0 Å². The van der Waals surface area contributed by atoms with Crippen LogP contribution < -0.4 is 10.5 Å². The fourth-order valence-corrected chi connectivity index (χ4v) is 2.69. The predicted molar refractivity (Wildman–Crippen MR) is 75.1 cm³/mol. The molecular weight excluding hydrogens is 244 g/mol. The van der Waals surface area contributed by atoms with Gasteiger partial charge in [0.15, 0.2) is 0 Å². The summed E-state index contributed by atoms with van der Waals surface area (Å²) in [7, 11) is 0. The molecule has 0 aliphatic carbocycles. The van der Waals surface area contributed by atoms with Gasteiger partial charge in [-0.2, -0.15) is 0 Å². The third-order valence-corrected chi connectivity index (χ3v) is 3.58. The quantitative estimate of drug-likeness (QED) is 0.901. The van der Waals surface area contributed by atoms with Crippen LogP contribution in [0.1, 0.15) is 21.0 Å². The number of aromatic nitrogens is 1. The molecule has 18 heavy (non-hydrogen) atoms. The van der Waals surface area contributed by atoms with Gasteiger partial charge in [0.1, 0.15) is 17.4 Å². The van der Waals surface area contributed by atoms with E-state index in [0.717, 1.165) is 17.2 Å². The number of thiazole rings is 1. The third kappa shape index (κ3) is 3.55. The van der Waals surface area contributed by atoms with E-state index < -0.39 is 0 Å². The first-order chi connectivity index (χ1) is 8.67. The number of rotatable bonds is 5. The third-order valence-electron chi connectivity index (χ3n) is 2.55. The van der Waals surface area contributed by atoms with E-state index in [1.54, 1.807) is 11.3 Å². The van der Waals surface area contributed by atoms with Gasteiger partial charge in [0, 0.05) is 11.1 Å². The van der Waals surface area contributed by atoms with Crippen molar-refractivity contribution >= 4 is 11.3 Å². The summed E-state index contributed by atoms with van der Waals surface area (Å²) >= 11 is 1.67. The van der Waals surface area contributed by atoms with Gasteiger partial charge < -0.3 is 10.5 Å². The van der Waals surface area contributed by atoms with Crippen molar-refractivity contribution in [3.8, 4) is 5.75 Å². The van der Waals surface area contributed by atoms with Crippen LogP contribution in [0.2, 0.25) is 0 Å². The molecule has 0 spiro atoms. The lowest BCUT2D eigenvalue weighted by molar-refractivity contribution is 0.305. The zero-order valence-corrected chi connectivity index (χ0v) is 11.6. The monoisotopic (exact) mass is 262 g/mol. The molecule has 0 aliphatic heterocycles. The number of hydrogen-bond acceptors (Lipinski definition) is 4. The summed E-state index contributed by atoms with van der Waals surface area (Å²) in [4.78, 5) is 5.55. The first-order valence-corrected chi connectivity index (χ1v) is 6.84. The Labute approximate surface area is 112 Å². The average molecular weight is 262 g/mol. The topological polar surface area (TPSA) is 48.1 Å². The molecule has 1 heterocycles. The molecule has 96 valence electrons. The molecule has 2 rings (SSSR count). The molecule has 0 bridgehead atoms. The highest BCUT2D eigenvalue weighted by Crippen LogP contribution is 2.19. The van der Waals surface area contributed by atoms with Crippen LogP contribution in [0.15, 0.2) is 24.4 Å². The summed E-state index contributed by atoms with van der Waals surface area (Å²) < 4.78 is 5.76. The zero-order chi connectivity index (χ0) is 13.0. The molecule has 0 saturated carbocycles. The van der Waals surface area contributed by atoms with E-state index in [0.29, 0.717) is 13.2 Å². The van der Waals surface area contributed by atoms with Gasteiger partial charge >= 0.3 is 0 Å². The number of hydrogen-bond donors (Lipinski definition) is 1. The van der Waals surface area contributed by atoms with Crippen LogP contribution in [0, 0.1) is 13.8 Å². The van der Waals surface area contributed by atoms with Crippen LogP contribution in [0.5, 0.6) is 5.75 Å². The highest BCUT2D eigenvalue weighted by molar-refractivity contribution is 7.11. The summed E-state index contributed by atoms with van der Waals surface area (Å²) in [5, 5.41) is 0.998. The highest BCUT2D eigenvalue weighted by atomic mass is 32.1. The Morgan fingerprint density at radius 1 is 1.22 bits per heavy atom. The van der Waals surface area contributed by atoms with Crippen molar-refractivity contribution < 1.29 is 4.74 Å². The van der Waals surface area contributed by atoms with Gasteiger partial charge in [0.05, 0.1) is 0 Å². The summed E-state index contributed by atoms with van der Waals surface area (Å²) in [6.07, 6.45) is 2.78. The highest BCUT2D eigenvalue weighted by Gasteiger charge is 2.03. The van der Waals surface area contributed by atoms with Crippen molar-refractivity contribution in [1.29, 1.82) is 0 Å². The zero-order valence-electron chi connectivity index (χ0n) is 10.8. The molecule has 2 N–H and O–H groups in total. The van der Waals surface area contributed by atoms with Crippen molar-refractivity contribution in [2.75, 3.05) is 6.54 Å². The smallest absolute Gasteiger partial charge is 0.140 e. The van der Waals surface area contributed by atoms with E-state index in [1.165, 1.54) is 16.0 Å². The van der Waals surface area contributed by atoms with Gasteiger partial charge in [-0.1, -0.05) is 6.07 Å². The number of aryl methyl sites for hydroxylation is 2. The Kier molecular flexibility index (Phi) is 4.33. The van der Waals surface area contributed by atoms with Gasteiger partial charge in [-0.3, -0.25) is 0 Å². The Hall–Kier alpha value is -1.39. The van der Waals surface area contributed by atoms with Crippen molar-refractivity contribution in [2.45, 2.75) is 26.9 Å². The molecular formula is C14H18N2OS. The van der Waals surface area contributed by atoms with E-state index in [4.69, 9.17) is 10.5 Å². The average Bonchev–Trinajstić information content (AvgIpc) is 2.74.